The van der Waals surface area contributed by atoms with Crippen LogP contribution in [0.3, 0.4) is 0 Å². The van der Waals surface area contributed by atoms with Crippen molar-refractivity contribution in [1.82, 2.24) is 9.13 Å². The number of nitrogens with zero attached hydrogens (tertiary/aromatic N) is 3. The van der Waals surface area contributed by atoms with E-state index in [2.05, 4.69) is 0 Å². The standard InChI is InChI=1S/C25H27N3O3/c1-17-15-18-9-5-7-13-21(18)27(17)23(29)16-26-22-14-8-6-12-20(22)24(30)28(25(26)31)19-10-3-2-4-11-19/h5-9,12-14,17,19H,2-4,10-11,15-16H2,1H3/t17-/m1/s1. The Kier molecular flexibility index (Phi) is 5.00. The average Bonchev–Trinajstić information content (AvgIpc) is 3.13. The fraction of sp³-hybridized carbons (Fsp3) is 0.400. The lowest BCUT2D eigenvalue weighted by molar-refractivity contribution is -0.119. The van der Waals surface area contributed by atoms with Gasteiger partial charge in [-0.05, 0) is 49.9 Å². The minimum atomic E-state index is -0.371. The van der Waals surface area contributed by atoms with Crippen LogP contribution < -0.4 is 16.1 Å². The maximum atomic E-state index is 13.5. The number of fused-ring (bicyclic) bond motifs is 2. The third kappa shape index (κ3) is 3.30. The van der Waals surface area contributed by atoms with Crippen molar-refractivity contribution in [2.45, 2.75) is 64.1 Å². The van der Waals surface area contributed by atoms with Crippen molar-refractivity contribution in [3.05, 3.63) is 74.9 Å². The van der Waals surface area contributed by atoms with Gasteiger partial charge in [-0.3, -0.25) is 18.7 Å². The minimum Gasteiger partial charge on any atom is -0.307 e. The van der Waals surface area contributed by atoms with Gasteiger partial charge in [-0.1, -0.05) is 49.6 Å². The van der Waals surface area contributed by atoms with Gasteiger partial charge in [-0.25, -0.2) is 4.79 Å². The number of carbonyl (C=O) groups is 1. The van der Waals surface area contributed by atoms with E-state index >= 15 is 0 Å². The number of carbonyl (C=O) groups excluding carboxylic acids is 1. The lowest BCUT2D eigenvalue weighted by Crippen LogP contribution is -2.46. The smallest absolute Gasteiger partial charge is 0.307 e. The van der Waals surface area contributed by atoms with Crippen LogP contribution in [0.25, 0.3) is 10.9 Å². The third-order valence-electron chi connectivity index (χ3n) is 6.79. The van der Waals surface area contributed by atoms with E-state index in [0.717, 1.165) is 49.8 Å². The molecular weight excluding hydrogens is 390 g/mol. The fourth-order valence-electron chi connectivity index (χ4n) is 5.31. The summed E-state index contributed by atoms with van der Waals surface area (Å²) in [6.07, 6.45) is 5.64. The van der Waals surface area contributed by atoms with Crippen LogP contribution in [0.2, 0.25) is 0 Å². The SMILES string of the molecule is C[C@@H]1Cc2ccccc2N1C(=O)Cn1c(=O)n(C2CCCCC2)c(=O)c2ccccc21. The third-order valence-corrected chi connectivity index (χ3v) is 6.79. The molecule has 5 rings (SSSR count). The Bertz CT molecular complexity index is 1270. The normalized spacial score (nSPS) is 19.0. The highest BCUT2D eigenvalue weighted by Gasteiger charge is 2.31. The molecule has 6 nitrogen and oxygen atoms in total. The topological polar surface area (TPSA) is 64.3 Å². The number of hydrogen-bond acceptors (Lipinski definition) is 3. The van der Waals surface area contributed by atoms with Crippen molar-refractivity contribution in [3.8, 4) is 0 Å². The van der Waals surface area contributed by atoms with E-state index in [0.29, 0.717) is 10.9 Å². The average molecular weight is 418 g/mol. The molecule has 2 aromatic carbocycles. The predicted octanol–water partition coefficient (Wildman–Crippen LogP) is 3.65. The fourth-order valence-corrected chi connectivity index (χ4v) is 5.31. The van der Waals surface area contributed by atoms with Gasteiger partial charge in [-0.15, -0.1) is 0 Å². The molecular formula is C25H27N3O3. The van der Waals surface area contributed by atoms with E-state index in [4.69, 9.17) is 0 Å². The largest absolute Gasteiger partial charge is 0.332 e. The van der Waals surface area contributed by atoms with Crippen molar-refractivity contribution >= 4 is 22.5 Å². The van der Waals surface area contributed by atoms with Crippen LogP contribution in [0.5, 0.6) is 0 Å². The summed E-state index contributed by atoms with van der Waals surface area (Å²) in [5.74, 6) is -0.126. The lowest BCUT2D eigenvalue weighted by atomic mass is 9.95. The maximum absolute atomic E-state index is 13.5. The Balaban J connectivity index is 1.61. The summed E-state index contributed by atoms with van der Waals surface area (Å²) in [6, 6.07) is 15.0. The second-order valence-electron chi connectivity index (χ2n) is 8.80. The Labute approximate surface area is 180 Å². The molecule has 1 saturated carbocycles. The molecule has 0 radical (unpaired) electrons. The molecule has 1 aliphatic heterocycles. The highest BCUT2D eigenvalue weighted by Crippen LogP contribution is 2.32. The van der Waals surface area contributed by atoms with Crippen LogP contribution in [0, 0.1) is 0 Å². The summed E-state index contributed by atoms with van der Waals surface area (Å²) >= 11 is 0. The van der Waals surface area contributed by atoms with Crippen molar-refractivity contribution in [3.63, 3.8) is 0 Å². The zero-order valence-electron chi connectivity index (χ0n) is 17.8. The van der Waals surface area contributed by atoms with E-state index < -0.39 is 0 Å². The minimum absolute atomic E-state index is 0.0381. The Morgan fingerprint density at radius 3 is 2.48 bits per heavy atom. The number of hydrogen-bond donors (Lipinski definition) is 0. The molecule has 2 aliphatic rings. The molecule has 1 fully saturated rings. The molecule has 31 heavy (non-hydrogen) atoms. The second kappa shape index (κ2) is 7.84. The lowest BCUT2D eigenvalue weighted by Gasteiger charge is -2.26. The number of amides is 1. The quantitative estimate of drug-likeness (QED) is 0.654. The monoisotopic (exact) mass is 417 g/mol. The van der Waals surface area contributed by atoms with Gasteiger partial charge in [0.2, 0.25) is 5.91 Å². The number of anilines is 1. The maximum Gasteiger partial charge on any atom is 0.332 e. The zero-order valence-corrected chi connectivity index (χ0v) is 17.8. The number of aromatic nitrogens is 2. The highest BCUT2D eigenvalue weighted by atomic mass is 16.2. The zero-order chi connectivity index (χ0) is 21.5. The van der Waals surface area contributed by atoms with Crippen molar-refractivity contribution in [1.29, 1.82) is 0 Å². The molecule has 0 bridgehead atoms. The molecule has 3 aromatic rings. The molecule has 0 N–H and O–H groups in total. The van der Waals surface area contributed by atoms with E-state index in [1.54, 1.807) is 23.1 Å². The molecule has 0 spiro atoms. The Hall–Kier alpha value is -3.15. The van der Waals surface area contributed by atoms with Crippen molar-refractivity contribution in [2.24, 2.45) is 0 Å². The highest BCUT2D eigenvalue weighted by molar-refractivity contribution is 5.96. The van der Waals surface area contributed by atoms with Gasteiger partial charge in [0.1, 0.15) is 6.54 Å². The summed E-state index contributed by atoms with van der Waals surface area (Å²) < 4.78 is 2.91. The van der Waals surface area contributed by atoms with Gasteiger partial charge in [0, 0.05) is 17.8 Å². The molecule has 1 aliphatic carbocycles. The van der Waals surface area contributed by atoms with Crippen molar-refractivity contribution in [2.75, 3.05) is 4.90 Å². The van der Waals surface area contributed by atoms with Gasteiger partial charge < -0.3 is 4.90 Å². The molecule has 6 heteroatoms. The van der Waals surface area contributed by atoms with Crippen LogP contribution in [0.1, 0.15) is 50.6 Å². The molecule has 2 heterocycles. The first kappa shape index (κ1) is 19.8. The van der Waals surface area contributed by atoms with E-state index in [9.17, 15) is 14.4 Å². The van der Waals surface area contributed by atoms with Crippen LogP contribution in [0.15, 0.2) is 58.1 Å². The van der Waals surface area contributed by atoms with Gasteiger partial charge in [-0.2, -0.15) is 0 Å². The molecule has 1 amide bonds. The molecule has 1 aromatic heterocycles. The summed E-state index contributed by atoms with van der Waals surface area (Å²) in [4.78, 5) is 42.0. The van der Waals surface area contributed by atoms with Gasteiger partial charge in [0.25, 0.3) is 5.56 Å². The summed E-state index contributed by atoms with van der Waals surface area (Å²) in [5, 5.41) is 0.496. The van der Waals surface area contributed by atoms with Gasteiger partial charge in [0.05, 0.1) is 10.9 Å². The molecule has 160 valence electrons. The second-order valence-corrected chi connectivity index (χ2v) is 8.80. The summed E-state index contributed by atoms with van der Waals surface area (Å²) in [6.45, 7) is 1.95. The molecule has 1 atom stereocenters. The van der Waals surface area contributed by atoms with Crippen molar-refractivity contribution < 1.29 is 4.79 Å². The number of benzene rings is 2. The number of para-hydroxylation sites is 2. The van der Waals surface area contributed by atoms with E-state index in [1.165, 1.54) is 9.13 Å². The van der Waals surface area contributed by atoms with Crippen LogP contribution >= 0.6 is 0 Å². The first-order valence-electron chi connectivity index (χ1n) is 11.2. The summed E-state index contributed by atoms with van der Waals surface area (Å²) in [7, 11) is 0. The van der Waals surface area contributed by atoms with E-state index in [-0.39, 0.29) is 35.8 Å². The molecule has 0 unspecified atom stereocenters. The predicted molar refractivity (Wildman–Crippen MR) is 122 cm³/mol. The van der Waals surface area contributed by atoms with Gasteiger partial charge >= 0.3 is 5.69 Å². The van der Waals surface area contributed by atoms with Crippen LogP contribution in [-0.2, 0) is 17.8 Å². The molecule has 0 saturated heterocycles. The van der Waals surface area contributed by atoms with E-state index in [1.807, 2.05) is 37.3 Å². The van der Waals surface area contributed by atoms with Crippen LogP contribution in [0.4, 0.5) is 5.69 Å². The van der Waals surface area contributed by atoms with Crippen LogP contribution in [-0.4, -0.2) is 21.1 Å². The summed E-state index contributed by atoms with van der Waals surface area (Å²) in [5.41, 5.74) is 1.98. The Morgan fingerprint density at radius 2 is 1.68 bits per heavy atom. The first-order valence-corrected chi connectivity index (χ1v) is 11.2. The number of rotatable bonds is 3. The Morgan fingerprint density at radius 1 is 0.968 bits per heavy atom. The van der Waals surface area contributed by atoms with Gasteiger partial charge in [0.15, 0.2) is 0 Å². The first-order chi connectivity index (χ1) is 15.1.